The molecule has 0 radical (unpaired) electrons. The summed E-state index contributed by atoms with van der Waals surface area (Å²) >= 11 is 5.96. The molecule has 0 N–H and O–H groups in total. The predicted molar refractivity (Wildman–Crippen MR) is 62.2 cm³/mol. The number of rotatable bonds is 5. The molecule has 0 aromatic heterocycles. The van der Waals surface area contributed by atoms with Crippen molar-refractivity contribution in [1.82, 2.24) is 0 Å². The van der Waals surface area contributed by atoms with Crippen LogP contribution in [0, 0.1) is 5.41 Å². The molecule has 1 aliphatic heterocycles. The molecule has 0 aliphatic carbocycles. The van der Waals surface area contributed by atoms with E-state index in [4.69, 9.17) is 16.3 Å². The van der Waals surface area contributed by atoms with Gasteiger partial charge in [-0.15, -0.1) is 11.6 Å². The minimum atomic E-state index is -2.84. The minimum absolute atomic E-state index is 0.0183. The summed E-state index contributed by atoms with van der Waals surface area (Å²) in [6.07, 6.45) is 4.90. The number of hydrogen-bond donors (Lipinski definition) is 0. The van der Waals surface area contributed by atoms with Crippen LogP contribution in [0.3, 0.4) is 0 Å². The first-order valence-electron chi connectivity index (χ1n) is 5.29. The number of alkyl halides is 1. The molecule has 1 atom stereocenters. The van der Waals surface area contributed by atoms with E-state index in [1.807, 2.05) is 0 Å². The normalized spacial score (nSPS) is 27.9. The average molecular weight is 255 g/mol. The number of halogens is 1. The van der Waals surface area contributed by atoms with Crippen LogP contribution in [0.25, 0.3) is 0 Å². The van der Waals surface area contributed by atoms with Gasteiger partial charge in [-0.1, -0.05) is 0 Å². The van der Waals surface area contributed by atoms with Crippen LogP contribution < -0.4 is 0 Å². The third-order valence-electron chi connectivity index (χ3n) is 2.91. The van der Waals surface area contributed by atoms with Crippen LogP contribution in [-0.2, 0) is 14.6 Å². The van der Waals surface area contributed by atoms with Gasteiger partial charge in [-0.3, -0.25) is 0 Å². The molecule has 1 rings (SSSR count). The van der Waals surface area contributed by atoms with Crippen molar-refractivity contribution in [1.29, 1.82) is 0 Å². The maximum Gasteiger partial charge on any atom is 0.147 e. The molecule has 3 nitrogen and oxygen atoms in total. The van der Waals surface area contributed by atoms with Crippen LogP contribution in [0.15, 0.2) is 0 Å². The van der Waals surface area contributed by atoms with Crippen molar-refractivity contribution in [3.8, 4) is 0 Å². The molecule has 0 saturated carbocycles. The van der Waals surface area contributed by atoms with Crippen LogP contribution in [0.2, 0.25) is 0 Å². The zero-order valence-electron chi connectivity index (χ0n) is 9.17. The molecule has 1 heterocycles. The van der Waals surface area contributed by atoms with Crippen molar-refractivity contribution in [2.75, 3.05) is 31.1 Å². The van der Waals surface area contributed by atoms with E-state index in [1.165, 1.54) is 6.26 Å². The van der Waals surface area contributed by atoms with E-state index in [0.29, 0.717) is 18.9 Å². The summed E-state index contributed by atoms with van der Waals surface area (Å²) in [5.74, 6) is 0.822. The Labute approximate surface area is 97.1 Å². The summed E-state index contributed by atoms with van der Waals surface area (Å²) in [7, 11) is -2.84. The van der Waals surface area contributed by atoms with Gasteiger partial charge in [0.25, 0.3) is 0 Å². The third-order valence-corrected chi connectivity index (χ3v) is 4.51. The Kier molecular flexibility index (Phi) is 4.87. The lowest BCUT2D eigenvalue weighted by atomic mass is 9.80. The zero-order chi connectivity index (χ0) is 11.4. The van der Waals surface area contributed by atoms with Crippen LogP contribution in [0.5, 0.6) is 0 Å². The highest BCUT2D eigenvalue weighted by Gasteiger charge is 2.31. The molecule has 1 fully saturated rings. The third kappa shape index (κ3) is 4.70. The van der Waals surface area contributed by atoms with Gasteiger partial charge >= 0.3 is 0 Å². The molecular formula is C10H19ClO3S. The fourth-order valence-electron chi connectivity index (χ4n) is 1.99. The smallest absolute Gasteiger partial charge is 0.147 e. The first-order valence-corrected chi connectivity index (χ1v) is 7.88. The Morgan fingerprint density at radius 1 is 1.47 bits per heavy atom. The molecule has 5 heteroatoms. The van der Waals surface area contributed by atoms with Gasteiger partial charge in [0.15, 0.2) is 0 Å². The Morgan fingerprint density at radius 2 is 2.20 bits per heavy atom. The molecule has 0 spiro atoms. The summed E-state index contributed by atoms with van der Waals surface area (Å²) in [4.78, 5) is 0. The molecule has 0 aromatic carbocycles. The quantitative estimate of drug-likeness (QED) is 0.704. The van der Waals surface area contributed by atoms with Crippen molar-refractivity contribution in [2.24, 2.45) is 5.41 Å². The van der Waals surface area contributed by atoms with E-state index in [0.717, 1.165) is 25.9 Å². The zero-order valence-corrected chi connectivity index (χ0v) is 10.7. The lowest BCUT2D eigenvalue weighted by Crippen LogP contribution is -2.34. The van der Waals surface area contributed by atoms with E-state index < -0.39 is 9.84 Å². The summed E-state index contributed by atoms with van der Waals surface area (Å²) < 4.78 is 27.4. The predicted octanol–water partition coefficient (Wildman–Crippen LogP) is 1.85. The second-order valence-electron chi connectivity index (χ2n) is 4.52. The molecule has 1 unspecified atom stereocenters. The maximum atomic E-state index is 11.0. The molecule has 0 bridgehead atoms. The van der Waals surface area contributed by atoms with Crippen molar-refractivity contribution in [3.05, 3.63) is 0 Å². The van der Waals surface area contributed by atoms with E-state index >= 15 is 0 Å². The second-order valence-corrected chi connectivity index (χ2v) is 7.05. The average Bonchev–Trinajstić information content (AvgIpc) is 2.17. The Bertz CT molecular complexity index is 281. The molecule has 90 valence electrons. The Hall–Kier alpha value is 0.200. The number of ether oxygens (including phenoxy) is 1. The summed E-state index contributed by atoms with van der Waals surface area (Å²) in [5, 5.41) is 0. The van der Waals surface area contributed by atoms with Crippen LogP contribution in [0.4, 0.5) is 0 Å². The lowest BCUT2D eigenvalue weighted by molar-refractivity contribution is -0.000146. The maximum absolute atomic E-state index is 11.0. The van der Waals surface area contributed by atoms with Crippen molar-refractivity contribution in [2.45, 2.75) is 25.7 Å². The van der Waals surface area contributed by atoms with Gasteiger partial charge in [0.05, 0.1) is 6.61 Å². The highest BCUT2D eigenvalue weighted by molar-refractivity contribution is 7.90. The molecule has 0 aromatic rings. The fourth-order valence-corrected chi connectivity index (χ4v) is 3.00. The molecule has 15 heavy (non-hydrogen) atoms. The van der Waals surface area contributed by atoms with Gasteiger partial charge in [0.2, 0.25) is 0 Å². The van der Waals surface area contributed by atoms with Crippen molar-refractivity contribution >= 4 is 21.4 Å². The van der Waals surface area contributed by atoms with Crippen LogP contribution in [0.1, 0.15) is 25.7 Å². The Balaban J connectivity index is 2.39. The standard InChI is InChI=1S/C10H19ClO3S/c1-15(12,13)7-3-5-10(8-11)4-2-6-14-9-10/h2-9H2,1H3. The second kappa shape index (κ2) is 5.51. The van der Waals surface area contributed by atoms with Crippen LogP contribution in [-0.4, -0.2) is 39.5 Å². The van der Waals surface area contributed by atoms with Gasteiger partial charge in [0.1, 0.15) is 9.84 Å². The van der Waals surface area contributed by atoms with Gasteiger partial charge in [-0.2, -0.15) is 0 Å². The highest BCUT2D eigenvalue weighted by Crippen LogP contribution is 2.34. The van der Waals surface area contributed by atoms with Gasteiger partial charge in [0, 0.05) is 29.9 Å². The number of hydrogen-bond acceptors (Lipinski definition) is 3. The molecule has 0 amide bonds. The summed E-state index contributed by atoms with van der Waals surface area (Å²) in [5.41, 5.74) is 0.0183. The van der Waals surface area contributed by atoms with Gasteiger partial charge < -0.3 is 4.74 Å². The minimum Gasteiger partial charge on any atom is -0.381 e. The topological polar surface area (TPSA) is 43.4 Å². The SMILES string of the molecule is CS(=O)(=O)CCCC1(CCl)CCCOC1. The lowest BCUT2D eigenvalue weighted by Gasteiger charge is -2.35. The monoisotopic (exact) mass is 254 g/mol. The fraction of sp³-hybridized carbons (Fsp3) is 1.00. The van der Waals surface area contributed by atoms with Crippen molar-refractivity contribution < 1.29 is 13.2 Å². The van der Waals surface area contributed by atoms with Crippen molar-refractivity contribution in [3.63, 3.8) is 0 Å². The van der Waals surface area contributed by atoms with Crippen LogP contribution >= 0.6 is 11.6 Å². The van der Waals surface area contributed by atoms with E-state index in [1.54, 1.807) is 0 Å². The van der Waals surface area contributed by atoms with E-state index in [9.17, 15) is 8.42 Å². The van der Waals surface area contributed by atoms with Gasteiger partial charge in [-0.05, 0) is 25.7 Å². The first kappa shape index (κ1) is 13.3. The molecule has 1 aliphatic rings. The summed E-state index contributed by atoms with van der Waals surface area (Å²) in [6.45, 7) is 1.49. The number of sulfone groups is 1. The molecular weight excluding hydrogens is 236 g/mol. The first-order chi connectivity index (χ1) is 6.97. The van der Waals surface area contributed by atoms with Gasteiger partial charge in [-0.25, -0.2) is 8.42 Å². The van der Waals surface area contributed by atoms with E-state index in [2.05, 4.69) is 0 Å². The largest absolute Gasteiger partial charge is 0.381 e. The Morgan fingerprint density at radius 3 is 2.67 bits per heavy atom. The highest BCUT2D eigenvalue weighted by atomic mass is 35.5. The van der Waals surface area contributed by atoms with E-state index in [-0.39, 0.29) is 11.2 Å². The molecule has 1 saturated heterocycles. The summed E-state index contributed by atoms with van der Waals surface area (Å²) in [6, 6.07) is 0.